The van der Waals surface area contributed by atoms with Crippen molar-refractivity contribution in [1.82, 2.24) is 15.0 Å². The van der Waals surface area contributed by atoms with Crippen LogP contribution < -0.4 is 10.0 Å². The molecule has 1 atom stereocenters. The number of hydrogen-bond acceptors (Lipinski definition) is 4. The summed E-state index contributed by atoms with van der Waals surface area (Å²) in [5, 5.41) is 4.10. The maximum absolute atomic E-state index is 12.4. The lowest BCUT2D eigenvalue weighted by Crippen LogP contribution is -2.37. The molecule has 6 heteroatoms. The van der Waals surface area contributed by atoms with E-state index in [2.05, 4.69) is 15.0 Å². The van der Waals surface area contributed by atoms with Crippen LogP contribution in [-0.4, -0.2) is 32.5 Å². The molecule has 20 heavy (non-hydrogen) atoms. The standard InChI is InChI=1S/C14H17N3O2S/c18-20(19,17-10-12-6-3-8-15-12)13-7-1-4-11-5-2-9-16-14(11)13/h1-2,4-5,7,9,12,15,17H,3,6,8,10H2. The Morgan fingerprint density at radius 2 is 2.15 bits per heavy atom. The summed E-state index contributed by atoms with van der Waals surface area (Å²) in [4.78, 5) is 4.44. The quantitative estimate of drug-likeness (QED) is 0.890. The Bertz CT molecular complexity index is 704. The zero-order valence-electron chi connectivity index (χ0n) is 11.0. The van der Waals surface area contributed by atoms with Crippen molar-refractivity contribution in [2.75, 3.05) is 13.1 Å². The summed E-state index contributed by atoms with van der Waals surface area (Å²) in [5.74, 6) is 0. The minimum absolute atomic E-state index is 0.229. The molecule has 0 aliphatic carbocycles. The van der Waals surface area contributed by atoms with Gasteiger partial charge in [-0.1, -0.05) is 18.2 Å². The van der Waals surface area contributed by atoms with Gasteiger partial charge >= 0.3 is 0 Å². The highest BCUT2D eigenvalue weighted by atomic mass is 32.2. The lowest BCUT2D eigenvalue weighted by molar-refractivity contribution is 0.552. The summed E-state index contributed by atoms with van der Waals surface area (Å²) in [6.45, 7) is 1.38. The SMILES string of the molecule is O=S(=O)(NCC1CCCN1)c1cccc2cccnc12. The summed E-state index contributed by atoms with van der Waals surface area (Å²) >= 11 is 0. The largest absolute Gasteiger partial charge is 0.313 e. The Hall–Kier alpha value is -1.50. The maximum Gasteiger partial charge on any atom is 0.242 e. The molecule has 5 nitrogen and oxygen atoms in total. The number of para-hydroxylation sites is 1. The number of pyridine rings is 1. The van der Waals surface area contributed by atoms with Crippen molar-refractivity contribution in [3.05, 3.63) is 36.5 Å². The fraction of sp³-hybridized carbons (Fsp3) is 0.357. The average Bonchev–Trinajstić information content (AvgIpc) is 2.98. The van der Waals surface area contributed by atoms with Gasteiger partial charge < -0.3 is 5.32 Å². The van der Waals surface area contributed by atoms with Crippen molar-refractivity contribution < 1.29 is 8.42 Å². The van der Waals surface area contributed by atoms with E-state index in [-0.39, 0.29) is 10.9 Å². The van der Waals surface area contributed by atoms with E-state index in [4.69, 9.17) is 0 Å². The van der Waals surface area contributed by atoms with Gasteiger partial charge in [-0.25, -0.2) is 13.1 Å². The molecule has 1 aromatic heterocycles. The van der Waals surface area contributed by atoms with Crippen LogP contribution in [-0.2, 0) is 10.0 Å². The second kappa shape index (κ2) is 5.47. The molecule has 1 unspecified atom stereocenters. The first-order valence-corrected chi connectivity index (χ1v) is 8.22. The first kappa shape index (κ1) is 13.5. The molecular formula is C14H17N3O2S. The Kier molecular flexibility index (Phi) is 3.69. The molecule has 2 heterocycles. The van der Waals surface area contributed by atoms with Crippen molar-refractivity contribution in [3.63, 3.8) is 0 Å². The summed E-state index contributed by atoms with van der Waals surface area (Å²) in [6, 6.07) is 9.09. The lowest BCUT2D eigenvalue weighted by Gasteiger charge is -2.13. The third-order valence-corrected chi connectivity index (χ3v) is 5.02. The van der Waals surface area contributed by atoms with Crippen LogP contribution in [0.4, 0.5) is 0 Å². The van der Waals surface area contributed by atoms with Gasteiger partial charge in [0.05, 0.1) is 5.52 Å². The van der Waals surface area contributed by atoms with Crippen LogP contribution in [0.2, 0.25) is 0 Å². The predicted molar refractivity (Wildman–Crippen MR) is 78.0 cm³/mol. The van der Waals surface area contributed by atoms with Crippen LogP contribution in [0.5, 0.6) is 0 Å². The fourth-order valence-electron chi connectivity index (χ4n) is 2.51. The van der Waals surface area contributed by atoms with Gasteiger partial charge in [0.2, 0.25) is 10.0 Å². The van der Waals surface area contributed by atoms with E-state index in [0.29, 0.717) is 12.1 Å². The highest BCUT2D eigenvalue weighted by Crippen LogP contribution is 2.20. The number of rotatable bonds is 4. The van der Waals surface area contributed by atoms with Crippen LogP contribution in [0.1, 0.15) is 12.8 Å². The molecule has 1 aliphatic rings. The molecule has 0 saturated carbocycles. The predicted octanol–water partition coefficient (Wildman–Crippen LogP) is 1.27. The van der Waals surface area contributed by atoms with Crippen molar-refractivity contribution in [2.24, 2.45) is 0 Å². The molecule has 1 fully saturated rings. The monoisotopic (exact) mass is 291 g/mol. The molecule has 0 radical (unpaired) electrons. The Labute approximate surface area is 118 Å². The number of aromatic nitrogens is 1. The van der Waals surface area contributed by atoms with E-state index in [1.54, 1.807) is 24.4 Å². The van der Waals surface area contributed by atoms with E-state index < -0.39 is 10.0 Å². The van der Waals surface area contributed by atoms with E-state index in [1.807, 2.05) is 12.1 Å². The fourth-order valence-corrected chi connectivity index (χ4v) is 3.77. The number of sulfonamides is 1. The zero-order valence-corrected chi connectivity index (χ0v) is 11.9. The minimum Gasteiger partial charge on any atom is -0.313 e. The van der Waals surface area contributed by atoms with Crippen molar-refractivity contribution in [2.45, 2.75) is 23.8 Å². The number of nitrogens with one attached hydrogen (secondary N) is 2. The Morgan fingerprint density at radius 3 is 2.95 bits per heavy atom. The highest BCUT2D eigenvalue weighted by molar-refractivity contribution is 7.89. The molecule has 106 valence electrons. The first-order chi connectivity index (χ1) is 9.67. The van der Waals surface area contributed by atoms with E-state index >= 15 is 0 Å². The summed E-state index contributed by atoms with van der Waals surface area (Å²) in [7, 11) is -3.53. The molecule has 0 spiro atoms. The van der Waals surface area contributed by atoms with Gasteiger partial charge in [0, 0.05) is 24.2 Å². The smallest absolute Gasteiger partial charge is 0.242 e. The van der Waals surface area contributed by atoms with Gasteiger partial charge in [0.1, 0.15) is 4.90 Å². The zero-order chi connectivity index (χ0) is 14.0. The van der Waals surface area contributed by atoms with Gasteiger partial charge in [-0.2, -0.15) is 0 Å². The van der Waals surface area contributed by atoms with Crippen molar-refractivity contribution in [3.8, 4) is 0 Å². The van der Waals surface area contributed by atoms with E-state index in [1.165, 1.54) is 0 Å². The van der Waals surface area contributed by atoms with Crippen LogP contribution in [0.25, 0.3) is 10.9 Å². The maximum atomic E-state index is 12.4. The van der Waals surface area contributed by atoms with Gasteiger partial charge in [-0.3, -0.25) is 4.98 Å². The van der Waals surface area contributed by atoms with Gasteiger partial charge in [-0.05, 0) is 31.5 Å². The lowest BCUT2D eigenvalue weighted by atomic mass is 10.2. The molecular weight excluding hydrogens is 274 g/mol. The topological polar surface area (TPSA) is 71.1 Å². The molecule has 1 aliphatic heterocycles. The second-order valence-corrected chi connectivity index (χ2v) is 6.71. The number of fused-ring (bicyclic) bond motifs is 1. The summed E-state index contributed by atoms with van der Waals surface area (Å²) in [6.07, 6.45) is 3.72. The summed E-state index contributed by atoms with van der Waals surface area (Å²) in [5.41, 5.74) is 0.516. The van der Waals surface area contributed by atoms with E-state index in [9.17, 15) is 8.42 Å². The van der Waals surface area contributed by atoms with E-state index in [0.717, 1.165) is 24.8 Å². The first-order valence-electron chi connectivity index (χ1n) is 6.74. The van der Waals surface area contributed by atoms with Crippen LogP contribution in [0.3, 0.4) is 0 Å². The molecule has 1 aromatic carbocycles. The van der Waals surface area contributed by atoms with Crippen molar-refractivity contribution >= 4 is 20.9 Å². The molecule has 2 aromatic rings. The minimum atomic E-state index is -3.53. The van der Waals surface area contributed by atoms with Gasteiger partial charge in [0.15, 0.2) is 0 Å². The molecule has 0 bridgehead atoms. The third kappa shape index (κ3) is 2.67. The number of nitrogens with zero attached hydrogens (tertiary/aromatic N) is 1. The average molecular weight is 291 g/mol. The van der Waals surface area contributed by atoms with Gasteiger partial charge in [0.25, 0.3) is 0 Å². The van der Waals surface area contributed by atoms with Crippen LogP contribution in [0.15, 0.2) is 41.4 Å². The second-order valence-electron chi connectivity index (χ2n) is 4.98. The van der Waals surface area contributed by atoms with Crippen molar-refractivity contribution in [1.29, 1.82) is 0 Å². The summed E-state index contributed by atoms with van der Waals surface area (Å²) < 4.78 is 27.5. The van der Waals surface area contributed by atoms with Gasteiger partial charge in [-0.15, -0.1) is 0 Å². The Morgan fingerprint density at radius 1 is 1.30 bits per heavy atom. The normalized spacial score (nSPS) is 19.5. The van der Waals surface area contributed by atoms with Crippen LogP contribution in [0, 0.1) is 0 Å². The molecule has 0 amide bonds. The number of hydrogen-bond donors (Lipinski definition) is 2. The highest BCUT2D eigenvalue weighted by Gasteiger charge is 2.21. The Balaban J connectivity index is 1.88. The molecule has 2 N–H and O–H groups in total. The number of benzene rings is 1. The third-order valence-electron chi connectivity index (χ3n) is 3.57. The van der Waals surface area contributed by atoms with Crippen LogP contribution >= 0.6 is 0 Å². The molecule has 3 rings (SSSR count). The molecule has 1 saturated heterocycles.